The first-order valence-electron chi connectivity index (χ1n) is 11.7. The largest absolute Gasteiger partial charge is 0.464 e. The minimum Gasteiger partial charge on any atom is -0.464 e. The molecule has 0 aliphatic carbocycles. The molecule has 0 amide bonds. The molecular formula is C25H29F2N5O3. The van der Waals surface area contributed by atoms with E-state index in [1.807, 2.05) is 24.3 Å². The maximum Gasteiger partial charge on any atom is 0.329 e. The van der Waals surface area contributed by atoms with E-state index < -0.39 is 17.9 Å². The third-order valence-corrected chi connectivity index (χ3v) is 6.03. The van der Waals surface area contributed by atoms with Gasteiger partial charge in [-0.05, 0) is 44.0 Å². The van der Waals surface area contributed by atoms with Crippen molar-refractivity contribution in [2.75, 3.05) is 25.0 Å². The fourth-order valence-electron chi connectivity index (χ4n) is 4.25. The molecule has 4 rings (SSSR count). The van der Waals surface area contributed by atoms with Crippen LogP contribution in [-0.4, -0.2) is 51.0 Å². The lowest BCUT2D eigenvalue weighted by atomic mass is 10.1. The fourth-order valence-corrected chi connectivity index (χ4v) is 4.25. The lowest BCUT2D eigenvalue weighted by Crippen LogP contribution is -2.41. The van der Waals surface area contributed by atoms with Gasteiger partial charge in [-0.25, -0.2) is 18.6 Å². The molecule has 1 aliphatic heterocycles. The average Bonchev–Trinajstić information content (AvgIpc) is 2.82. The molecule has 186 valence electrons. The van der Waals surface area contributed by atoms with Gasteiger partial charge in [0.2, 0.25) is 5.95 Å². The number of likely N-dealkylation sites (tertiary alicyclic amines) is 1. The van der Waals surface area contributed by atoms with Crippen molar-refractivity contribution >= 4 is 23.0 Å². The molecule has 35 heavy (non-hydrogen) atoms. The van der Waals surface area contributed by atoms with Crippen molar-refractivity contribution in [3.05, 3.63) is 64.1 Å². The molecule has 3 heterocycles. The Balaban J connectivity index is 1.45. The Morgan fingerprint density at radius 3 is 2.66 bits per heavy atom. The molecule has 10 heteroatoms. The van der Waals surface area contributed by atoms with E-state index >= 15 is 0 Å². The third kappa shape index (κ3) is 6.00. The smallest absolute Gasteiger partial charge is 0.329 e. The van der Waals surface area contributed by atoms with E-state index in [1.54, 1.807) is 31.0 Å². The van der Waals surface area contributed by atoms with Crippen molar-refractivity contribution in [1.29, 1.82) is 0 Å². The Bertz CT molecular complexity index is 1250. The zero-order chi connectivity index (χ0) is 25.0. The molecule has 1 aromatic carbocycles. The second-order valence-electron chi connectivity index (χ2n) is 8.78. The van der Waals surface area contributed by atoms with Gasteiger partial charge < -0.3 is 10.1 Å². The van der Waals surface area contributed by atoms with E-state index in [0.29, 0.717) is 43.0 Å². The van der Waals surface area contributed by atoms with Crippen molar-refractivity contribution in [2.24, 2.45) is 0 Å². The number of fused-ring (bicyclic) bond motifs is 1. The predicted octanol–water partition coefficient (Wildman–Crippen LogP) is 3.76. The van der Waals surface area contributed by atoms with Gasteiger partial charge in [0, 0.05) is 37.2 Å². The lowest BCUT2D eigenvalue weighted by Gasteiger charge is -2.32. The number of halogens is 2. The fraction of sp³-hybridized carbons (Fsp3) is 0.440. The molecule has 0 spiro atoms. The third-order valence-electron chi connectivity index (χ3n) is 6.03. The van der Waals surface area contributed by atoms with Gasteiger partial charge in [0.1, 0.15) is 11.7 Å². The van der Waals surface area contributed by atoms with Gasteiger partial charge in [0.05, 0.1) is 13.2 Å². The molecule has 2 aromatic heterocycles. The van der Waals surface area contributed by atoms with Crippen LogP contribution in [-0.2, 0) is 22.6 Å². The van der Waals surface area contributed by atoms with Crippen molar-refractivity contribution in [2.45, 2.75) is 51.7 Å². The number of nitrogens with zero attached hydrogens (tertiary/aromatic N) is 4. The minimum absolute atomic E-state index is 0.0389. The Morgan fingerprint density at radius 2 is 1.94 bits per heavy atom. The summed E-state index contributed by atoms with van der Waals surface area (Å²) in [6.07, 6.45) is 2.06. The van der Waals surface area contributed by atoms with Crippen LogP contribution in [0.1, 0.15) is 43.9 Å². The summed E-state index contributed by atoms with van der Waals surface area (Å²) in [5.41, 5.74) is 1.92. The molecule has 1 unspecified atom stereocenters. The van der Waals surface area contributed by atoms with Crippen LogP contribution in [0, 0.1) is 0 Å². The molecule has 3 aromatic rings. The van der Waals surface area contributed by atoms with Gasteiger partial charge in [0.15, 0.2) is 0 Å². The first-order chi connectivity index (χ1) is 16.8. The summed E-state index contributed by atoms with van der Waals surface area (Å²) in [4.78, 5) is 35.3. The van der Waals surface area contributed by atoms with Gasteiger partial charge in [-0.2, -0.15) is 4.98 Å². The molecule has 8 nitrogen and oxygen atoms in total. The number of carbonyl (C=O) groups excluding carboxylic acids is 1. The van der Waals surface area contributed by atoms with Gasteiger partial charge in [-0.15, -0.1) is 0 Å². The summed E-state index contributed by atoms with van der Waals surface area (Å²) in [6, 6.07) is 9.90. The first-order valence-corrected chi connectivity index (χ1v) is 11.7. The second kappa shape index (κ2) is 10.5. The van der Waals surface area contributed by atoms with E-state index in [2.05, 4.69) is 15.3 Å². The Kier molecular flexibility index (Phi) is 7.39. The summed E-state index contributed by atoms with van der Waals surface area (Å²) in [7, 11) is 0. The number of carbonyl (C=O) groups is 1. The molecule has 1 fully saturated rings. The van der Waals surface area contributed by atoms with Gasteiger partial charge >= 0.3 is 5.97 Å². The maximum absolute atomic E-state index is 13.6. The molecule has 1 N–H and O–H groups in total. The quantitative estimate of drug-likeness (QED) is 0.486. The number of alkyl halides is 2. The van der Waals surface area contributed by atoms with E-state index in [1.165, 1.54) is 10.6 Å². The van der Waals surface area contributed by atoms with Crippen molar-refractivity contribution in [3.63, 3.8) is 0 Å². The van der Waals surface area contributed by atoms with Crippen LogP contribution in [0.3, 0.4) is 0 Å². The van der Waals surface area contributed by atoms with Crippen molar-refractivity contribution in [3.8, 4) is 0 Å². The molecule has 1 atom stereocenters. The Morgan fingerprint density at radius 1 is 1.20 bits per heavy atom. The van der Waals surface area contributed by atoms with E-state index in [4.69, 9.17) is 4.74 Å². The average molecular weight is 486 g/mol. The summed E-state index contributed by atoms with van der Waals surface area (Å²) >= 11 is 0. The number of ether oxygens (including phenoxy) is 1. The topological polar surface area (TPSA) is 89.3 Å². The SMILES string of the molecule is CCOC(=O)C(C)n1c(=O)ccc2cnc(NCc3ccc(CN4CCCC(F)(F)C4)cc3)nc21. The van der Waals surface area contributed by atoms with Crippen LogP contribution in [0.15, 0.2) is 47.4 Å². The number of rotatable bonds is 8. The van der Waals surface area contributed by atoms with Crippen LogP contribution in [0.4, 0.5) is 14.7 Å². The van der Waals surface area contributed by atoms with Crippen LogP contribution < -0.4 is 10.9 Å². The molecule has 0 saturated carbocycles. The molecule has 1 saturated heterocycles. The van der Waals surface area contributed by atoms with Crippen LogP contribution in [0.5, 0.6) is 0 Å². The molecular weight excluding hydrogens is 456 g/mol. The van der Waals surface area contributed by atoms with E-state index in [9.17, 15) is 18.4 Å². The van der Waals surface area contributed by atoms with Gasteiger partial charge in [0.25, 0.3) is 11.5 Å². The highest BCUT2D eigenvalue weighted by atomic mass is 19.3. The Hall–Kier alpha value is -3.40. The van der Waals surface area contributed by atoms with Gasteiger partial charge in [-0.1, -0.05) is 24.3 Å². The number of hydrogen-bond acceptors (Lipinski definition) is 7. The first kappa shape index (κ1) is 24.7. The van der Waals surface area contributed by atoms with Crippen LogP contribution >= 0.6 is 0 Å². The number of esters is 1. The summed E-state index contributed by atoms with van der Waals surface area (Å²) in [5, 5.41) is 3.77. The van der Waals surface area contributed by atoms with Gasteiger partial charge in [-0.3, -0.25) is 14.3 Å². The zero-order valence-electron chi connectivity index (χ0n) is 19.8. The molecule has 0 bridgehead atoms. The van der Waals surface area contributed by atoms with E-state index in [0.717, 1.165) is 11.1 Å². The second-order valence-corrected chi connectivity index (χ2v) is 8.78. The van der Waals surface area contributed by atoms with Crippen LogP contribution in [0.2, 0.25) is 0 Å². The van der Waals surface area contributed by atoms with Crippen molar-refractivity contribution < 1.29 is 18.3 Å². The summed E-state index contributed by atoms with van der Waals surface area (Å²) in [6.45, 7) is 4.92. The Labute approximate surface area is 201 Å². The predicted molar refractivity (Wildman–Crippen MR) is 128 cm³/mol. The molecule has 0 radical (unpaired) electrons. The number of anilines is 1. The number of benzene rings is 1. The highest BCUT2D eigenvalue weighted by Gasteiger charge is 2.34. The monoisotopic (exact) mass is 485 g/mol. The number of aromatic nitrogens is 3. The van der Waals surface area contributed by atoms with Crippen LogP contribution in [0.25, 0.3) is 11.0 Å². The number of pyridine rings is 1. The summed E-state index contributed by atoms with van der Waals surface area (Å²) in [5.74, 6) is -2.81. The highest BCUT2D eigenvalue weighted by Crippen LogP contribution is 2.27. The van der Waals surface area contributed by atoms with Crippen molar-refractivity contribution in [1.82, 2.24) is 19.4 Å². The standard InChI is InChI=1S/C25H29F2N5O3/c1-3-35-23(34)17(2)32-21(33)10-9-20-14-29-24(30-22(20)32)28-13-18-5-7-19(8-6-18)15-31-12-4-11-25(26,27)16-31/h5-10,14,17H,3-4,11-13,15-16H2,1-2H3,(H,28,29,30). The number of piperidine rings is 1. The zero-order valence-corrected chi connectivity index (χ0v) is 19.8. The molecule has 1 aliphatic rings. The number of hydrogen-bond donors (Lipinski definition) is 1. The van der Waals surface area contributed by atoms with E-state index in [-0.39, 0.29) is 25.1 Å². The summed E-state index contributed by atoms with van der Waals surface area (Å²) < 4.78 is 33.7. The highest BCUT2D eigenvalue weighted by molar-refractivity contribution is 5.79. The lowest BCUT2D eigenvalue weighted by molar-refractivity contribution is -0.146. The maximum atomic E-state index is 13.6. The number of nitrogens with one attached hydrogen (secondary N) is 1. The normalized spacial score (nSPS) is 16.7. The minimum atomic E-state index is -2.61.